The molecule has 0 N–H and O–H groups in total. The molecule has 0 aliphatic carbocycles. The Morgan fingerprint density at radius 3 is 2.57 bits per heavy atom. The zero-order valence-electron chi connectivity index (χ0n) is 12.2. The van der Waals surface area contributed by atoms with Crippen molar-refractivity contribution in [3.05, 3.63) is 51.0 Å². The van der Waals surface area contributed by atoms with Gasteiger partial charge < -0.3 is 9.32 Å². The fraction of sp³-hybridized carbons (Fsp3) is 0.125. The smallest absolute Gasteiger partial charge is 0.253 e. The van der Waals surface area contributed by atoms with Crippen molar-refractivity contribution in [2.75, 3.05) is 14.1 Å². The monoisotopic (exact) mass is 368 g/mol. The van der Waals surface area contributed by atoms with Crippen LogP contribution >= 0.6 is 34.8 Å². The standard InChI is InChI=1S/C16H11Cl3N2O2/c1-21(2)16(22)8-3-4-13-12(5-8)20-15(23-13)10-6-9(17)7-11(18)14(10)19/h3-7H,1-2H3. The molecule has 0 aliphatic heterocycles. The summed E-state index contributed by atoms with van der Waals surface area (Å²) in [5.41, 5.74) is 2.13. The Kier molecular flexibility index (Phi) is 4.23. The average Bonchev–Trinajstić information content (AvgIpc) is 2.92. The highest BCUT2D eigenvalue weighted by Crippen LogP contribution is 2.37. The van der Waals surface area contributed by atoms with Gasteiger partial charge in [0, 0.05) is 24.7 Å². The van der Waals surface area contributed by atoms with Gasteiger partial charge in [0.2, 0.25) is 5.89 Å². The summed E-state index contributed by atoms with van der Waals surface area (Å²) in [5.74, 6) is 0.184. The Balaban J connectivity index is 2.13. The molecule has 1 aromatic heterocycles. The van der Waals surface area contributed by atoms with Crippen LogP contribution in [0, 0.1) is 0 Å². The molecule has 0 saturated carbocycles. The second kappa shape index (κ2) is 6.04. The Morgan fingerprint density at radius 1 is 1.13 bits per heavy atom. The number of hydrogen-bond acceptors (Lipinski definition) is 3. The molecule has 0 fully saturated rings. The maximum absolute atomic E-state index is 12.0. The second-order valence-corrected chi connectivity index (χ2v) is 6.37. The highest BCUT2D eigenvalue weighted by atomic mass is 35.5. The van der Waals surface area contributed by atoms with Crippen LogP contribution in [0.3, 0.4) is 0 Å². The van der Waals surface area contributed by atoms with Crippen LogP contribution in [-0.4, -0.2) is 29.9 Å². The van der Waals surface area contributed by atoms with Gasteiger partial charge in [0.15, 0.2) is 5.58 Å². The van der Waals surface area contributed by atoms with Crippen LogP contribution in [-0.2, 0) is 0 Å². The topological polar surface area (TPSA) is 46.3 Å². The number of benzene rings is 2. The number of rotatable bonds is 2. The van der Waals surface area contributed by atoms with E-state index in [1.807, 2.05) is 0 Å². The van der Waals surface area contributed by atoms with Gasteiger partial charge in [-0.2, -0.15) is 0 Å². The van der Waals surface area contributed by atoms with Crippen LogP contribution < -0.4 is 0 Å². The van der Waals surface area contributed by atoms with E-state index in [1.54, 1.807) is 44.4 Å². The van der Waals surface area contributed by atoms with Crippen LogP contribution in [0.25, 0.3) is 22.6 Å². The molecule has 3 rings (SSSR count). The Labute approximate surface area is 147 Å². The van der Waals surface area contributed by atoms with E-state index >= 15 is 0 Å². The van der Waals surface area contributed by atoms with E-state index in [2.05, 4.69) is 4.98 Å². The van der Waals surface area contributed by atoms with Gasteiger partial charge in [0.05, 0.1) is 15.6 Å². The zero-order valence-corrected chi connectivity index (χ0v) is 14.5. The lowest BCUT2D eigenvalue weighted by molar-refractivity contribution is 0.0828. The van der Waals surface area contributed by atoms with E-state index in [4.69, 9.17) is 39.2 Å². The predicted molar refractivity (Wildman–Crippen MR) is 92.5 cm³/mol. The van der Waals surface area contributed by atoms with Crippen LogP contribution in [0.5, 0.6) is 0 Å². The first-order chi connectivity index (χ1) is 10.9. The molecule has 1 heterocycles. The fourth-order valence-electron chi connectivity index (χ4n) is 2.15. The van der Waals surface area contributed by atoms with Gasteiger partial charge in [-0.25, -0.2) is 4.98 Å². The van der Waals surface area contributed by atoms with Gasteiger partial charge in [-0.05, 0) is 30.3 Å². The minimum atomic E-state index is -0.111. The molecule has 4 nitrogen and oxygen atoms in total. The summed E-state index contributed by atoms with van der Waals surface area (Å²) >= 11 is 18.2. The lowest BCUT2D eigenvalue weighted by Crippen LogP contribution is -2.21. The summed E-state index contributed by atoms with van der Waals surface area (Å²) in [4.78, 5) is 17.9. The van der Waals surface area contributed by atoms with Gasteiger partial charge in [0.25, 0.3) is 5.91 Å². The molecule has 0 spiro atoms. The average molecular weight is 370 g/mol. The Morgan fingerprint density at radius 2 is 1.87 bits per heavy atom. The van der Waals surface area contributed by atoms with E-state index in [0.29, 0.717) is 43.2 Å². The molecule has 0 aliphatic rings. The second-order valence-electron chi connectivity index (χ2n) is 5.15. The minimum Gasteiger partial charge on any atom is -0.436 e. The van der Waals surface area contributed by atoms with Crippen LogP contribution in [0.15, 0.2) is 34.7 Å². The predicted octanol–water partition coefficient (Wildman–Crippen LogP) is 5.16. The van der Waals surface area contributed by atoms with Crippen molar-refractivity contribution >= 4 is 51.8 Å². The number of halogens is 3. The maximum Gasteiger partial charge on any atom is 0.253 e. The van der Waals surface area contributed by atoms with Crippen molar-refractivity contribution in [2.24, 2.45) is 0 Å². The molecule has 0 radical (unpaired) electrons. The van der Waals surface area contributed by atoms with Crippen molar-refractivity contribution < 1.29 is 9.21 Å². The zero-order chi connectivity index (χ0) is 16.7. The fourth-order valence-corrected chi connectivity index (χ4v) is 2.83. The molecule has 23 heavy (non-hydrogen) atoms. The molecular weight excluding hydrogens is 359 g/mol. The number of oxazole rings is 1. The summed E-state index contributed by atoms with van der Waals surface area (Å²) in [7, 11) is 3.38. The maximum atomic E-state index is 12.0. The van der Waals surface area contributed by atoms with Gasteiger partial charge in [-0.15, -0.1) is 0 Å². The summed E-state index contributed by atoms with van der Waals surface area (Å²) in [6, 6.07) is 8.23. The third kappa shape index (κ3) is 3.02. The van der Waals surface area contributed by atoms with Crippen LogP contribution in [0.4, 0.5) is 0 Å². The van der Waals surface area contributed by atoms with Crippen molar-refractivity contribution in [1.29, 1.82) is 0 Å². The number of aromatic nitrogens is 1. The largest absolute Gasteiger partial charge is 0.436 e. The minimum absolute atomic E-state index is 0.111. The van der Waals surface area contributed by atoms with Crippen LogP contribution in [0.2, 0.25) is 15.1 Å². The van der Waals surface area contributed by atoms with Gasteiger partial charge in [0.1, 0.15) is 5.52 Å². The van der Waals surface area contributed by atoms with Crippen molar-refractivity contribution in [3.8, 4) is 11.5 Å². The number of carbonyl (C=O) groups is 1. The van der Waals surface area contributed by atoms with E-state index in [-0.39, 0.29) is 5.91 Å². The quantitative estimate of drug-likeness (QED) is 0.586. The van der Waals surface area contributed by atoms with E-state index in [9.17, 15) is 4.79 Å². The van der Waals surface area contributed by atoms with Gasteiger partial charge in [-0.1, -0.05) is 34.8 Å². The van der Waals surface area contributed by atoms with Gasteiger partial charge >= 0.3 is 0 Å². The van der Waals surface area contributed by atoms with E-state index < -0.39 is 0 Å². The lowest BCUT2D eigenvalue weighted by Gasteiger charge is -2.09. The Bertz CT molecular complexity index is 919. The first-order valence-electron chi connectivity index (χ1n) is 6.64. The van der Waals surface area contributed by atoms with Crippen LogP contribution in [0.1, 0.15) is 10.4 Å². The van der Waals surface area contributed by atoms with E-state index in [1.165, 1.54) is 4.90 Å². The summed E-state index contributed by atoms with van der Waals surface area (Å²) < 4.78 is 5.70. The number of amides is 1. The lowest BCUT2D eigenvalue weighted by atomic mass is 10.2. The first-order valence-corrected chi connectivity index (χ1v) is 7.77. The number of fused-ring (bicyclic) bond motifs is 1. The van der Waals surface area contributed by atoms with Crippen molar-refractivity contribution in [3.63, 3.8) is 0 Å². The molecule has 0 bridgehead atoms. The van der Waals surface area contributed by atoms with Crippen molar-refractivity contribution in [1.82, 2.24) is 9.88 Å². The van der Waals surface area contributed by atoms with E-state index in [0.717, 1.165) is 0 Å². The number of carbonyl (C=O) groups excluding carboxylic acids is 1. The summed E-state index contributed by atoms with van der Waals surface area (Å²) in [6.07, 6.45) is 0. The molecule has 0 atom stereocenters. The normalized spacial score (nSPS) is 11.0. The molecule has 3 aromatic rings. The van der Waals surface area contributed by atoms with Gasteiger partial charge in [-0.3, -0.25) is 4.79 Å². The van der Waals surface area contributed by atoms with Crippen molar-refractivity contribution in [2.45, 2.75) is 0 Å². The molecule has 2 aromatic carbocycles. The molecule has 0 saturated heterocycles. The Hall–Kier alpha value is -1.75. The SMILES string of the molecule is CN(C)C(=O)c1ccc2oc(-c3cc(Cl)cc(Cl)c3Cl)nc2c1. The summed E-state index contributed by atoms with van der Waals surface area (Å²) in [5, 5.41) is 1.06. The highest BCUT2D eigenvalue weighted by molar-refractivity contribution is 6.44. The number of nitrogens with zero attached hydrogens (tertiary/aromatic N) is 2. The number of hydrogen-bond donors (Lipinski definition) is 0. The molecular formula is C16H11Cl3N2O2. The third-order valence-corrected chi connectivity index (χ3v) is 4.28. The molecule has 0 unspecified atom stereocenters. The first kappa shape index (κ1) is 16.1. The molecule has 1 amide bonds. The molecule has 118 valence electrons. The molecule has 7 heteroatoms. The third-order valence-electron chi connectivity index (χ3n) is 3.26. The summed E-state index contributed by atoms with van der Waals surface area (Å²) in [6.45, 7) is 0. The highest BCUT2D eigenvalue weighted by Gasteiger charge is 2.16.